The van der Waals surface area contributed by atoms with Gasteiger partial charge in [0.1, 0.15) is 0 Å². The second kappa shape index (κ2) is 4.14. The highest BCUT2D eigenvalue weighted by Crippen LogP contribution is 2.45. The SMILES string of the molecule is Cc1nnc(SCC2(CS)CCC2)o1. The molecule has 1 aromatic heterocycles. The number of hydrogen-bond acceptors (Lipinski definition) is 5. The molecule has 0 unspecified atom stereocenters. The molecule has 1 aromatic rings. The van der Waals surface area contributed by atoms with Crippen LogP contribution in [0.2, 0.25) is 0 Å². The van der Waals surface area contributed by atoms with E-state index in [-0.39, 0.29) is 0 Å². The van der Waals surface area contributed by atoms with E-state index < -0.39 is 0 Å². The summed E-state index contributed by atoms with van der Waals surface area (Å²) in [6.45, 7) is 1.81. The van der Waals surface area contributed by atoms with Crippen LogP contribution in [0.5, 0.6) is 0 Å². The normalized spacial score (nSPS) is 19.3. The molecule has 1 heterocycles. The van der Waals surface area contributed by atoms with Gasteiger partial charge in [0.2, 0.25) is 5.89 Å². The molecule has 0 amide bonds. The van der Waals surface area contributed by atoms with Crippen molar-refractivity contribution < 1.29 is 4.42 Å². The van der Waals surface area contributed by atoms with Crippen molar-refractivity contribution >= 4 is 24.4 Å². The first kappa shape index (κ1) is 10.4. The number of rotatable bonds is 4. The van der Waals surface area contributed by atoms with E-state index in [9.17, 15) is 0 Å². The Morgan fingerprint density at radius 2 is 2.29 bits per heavy atom. The maximum atomic E-state index is 5.31. The number of thiol groups is 1. The van der Waals surface area contributed by atoms with Crippen molar-refractivity contribution in [3.05, 3.63) is 5.89 Å². The molecule has 1 fully saturated rings. The minimum Gasteiger partial charge on any atom is -0.416 e. The van der Waals surface area contributed by atoms with Crippen LogP contribution in [0.1, 0.15) is 25.2 Å². The summed E-state index contributed by atoms with van der Waals surface area (Å²) in [6, 6.07) is 0. The van der Waals surface area contributed by atoms with Crippen molar-refractivity contribution in [2.24, 2.45) is 5.41 Å². The lowest BCUT2D eigenvalue weighted by atomic mass is 9.72. The fraction of sp³-hybridized carbons (Fsp3) is 0.778. The van der Waals surface area contributed by atoms with Gasteiger partial charge in [-0.1, -0.05) is 18.2 Å². The van der Waals surface area contributed by atoms with E-state index in [4.69, 9.17) is 4.42 Å². The highest BCUT2D eigenvalue weighted by molar-refractivity contribution is 7.99. The number of aryl methyl sites for hydroxylation is 1. The molecule has 5 heteroatoms. The maximum Gasteiger partial charge on any atom is 0.276 e. The lowest BCUT2D eigenvalue weighted by Crippen LogP contribution is -2.33. The Labute approximate surface area is 93.5 Å². The van der Waals surface area contributed by atoms with Crippen LogP contribution >= 0.6 is 24.4 Å². The first-order valence-corrected chi connectivity index (χ1v) is 6.40. The van der Waals surface area contributed by atoms with Gasteiger partial charge in [0, 0.05) is 12.7 Å². The molecule has 2 rings (SSSR count). The summed E-state index contributed by atoms with van der Waals surface area (Å²) < 4.78 is 5.31. The second-order valence-electron chi connectivity index (χ2n) is 3.89. The van der Waals surface area contributed by atoms with Crippen molar-refractivity contribution in [1.29, 1.82) is 0 Å². The third-order valence-corrected chi connectivity index (χ3v) is 4.60. The molecule has 78 valence electrons. The van der Waals surface area contributed by atoms with E-state index in [0.717, 1.165) is 11.5 Å². The molecule has 0 atom stereocenters. The highest BCUT2D eigenvalue weighted by atomic mass is 32.2. The van der Waals surface area contributed by atoms with Crippen LogP contribution in [0.3, 0.4) is 0 Å². The Morgan fingerprint density at radius 3 is 2.71 bits per heavy atom. The van der Waals surface area contributed by atoms with Crippen LogP contribution < -0.4 is 0 Å². The van der Waals surface area contributed by atoms with Crippen molar-refractivity contribution in [2.45, 2.75) is 31.4 Å². The quantitative estimate of drug-likeness (QED) is 0.637. The smallest absolute Gasteiger partial charge is 0.276 e. The Morgan fingerprint density at radius 1 is 1.50 bits per heavy atom. The third-order valence-electron chi connectivity index (χ3n) is 2.76. The van der Waals surface area contributed by atoms with Crippen LogP contribution in [0, 0.1) is 12.3 Å². The largest absolute Gasteiger partial charge is 0.416 e. The van der Waals surface area contributed by atoms with Gasteiger partial charge in [-0.3, -0.25) is 0 Å². The number of aromatic nitrogens is 2. The van der Waals surface area contributed by atoms with Crippen LogP contribution in [-0.2, 0) is 0 Å². The zero-order valence-electron chi connectivity index (χ0n) is 8.19. The minimum absolute atomic E-state index is 0.427. The molecule has 0 saturated heterocycles. The number of nitrogens with zero attached hydrogens (tertiary/aromatic N) is 2. The van der Waals surface area contributed by atoms with E-state index in [0.29, 0.717) is 16.5 Å². The van der Waals surface area contributed by atoms with Crippen LogP contribution in [0.25, 0.3) is 0 Å². The zero-order chi connectivity index (χ0) is 10.0. The molecule has 0 radical (unpaired) electrons. The monoisotopic (exact) mass is 230 g/mol. The van der Waals surface area contributed by atoms with Crippen LogP contribution in [0.15, 0.2) is 9.64 Å². The predicted molar refractivity (Wildman–Crippen MR) is 59.9 cm³/mol. The van der Waals surface area contributed by atoms with Gasteiger partial charge in [0.05, 0.1) is 0 Å². The predicted octanol–water partition coefficient (Wildman–Crippen LogP) is 2.57. The third kappa shape index (κ3) is 2.08. The van der Waals surface area contributed by atoms with Crippen molar-refractivity contribution in [3.8, 4) is 0 Å². The Hall–Kier alpha value is -0.160. The molecule has 3 nitrogen and oxygen atoms in total. The van der Waals surface area contributed by atoms with Gasteiger partial charge in [-0.15, -0.1) is 10.2 Å². The molecule has 0 spiro atoms. The summed E-state index contributed by atoms with van der Waals surface area (Å²) in [6.07, 6.45) is 3.91. The van der Waals surface area contributed by atoms with Crippen LogP contribution in [-0.4, -0.2) is 21.7 Å². The lowest BCUT2D eigenvalue weighted by Gasteiger charge is -2.40. The van der Waals surface area contributed by atoms with Gasteiger partial charge in [-0.2, -0.15) is 12.6 Å². The molecule has 1 saturated carbocycles. The zero-order valence-corrected chi connectivity index (χ0v) is 9.90. The fourth-order valence-corrected chi connectivity index (χ4v) is 3.25. The maximum absolute atomic E-state index is 5.31. The summed E-state index contributed by atoms with van der Waals surface area (Å²) in [5.41, 5.74) is 0.427. The van der Waals surface area contributed by atoms with Crippen LogP contribution in [0.4, 0.5) is 0 Å². The van der Waals surface area contributed by atoms with E-state index >= 15 is 0 Å². The number of thioether (sulfide) groups is 1. The summed E-state index contributed by atoms with van der Waals surface area (Å²) in [5, 5.41) is 8.45. The molecule has 0 bridgehead atoms. The van der Waals surface area contributed by atoms with Crippen molar-refractivity contribution in [3.63, 3.8) is 0 Å². The first-order valence-electron chi connectivity index (χ1n) is 4.78. The van der Waals surface area contributed by atoms with Gasteiger partial charge in [0.15, 0.2) is 0 Å². The molecular formula is C9H14N2OS2. The molecule has 0 aliphatic heterocycles. The number of hydrogen-bond donors (Lipinski definition) is 1. The average Bonchev–Trinajstić information content (AvgIpc) is 2.50. The Bertz CT molecular complexity index is 304. The molecule has 0 N–H and O–H groups in total. The molecular weight excluding hydrogens is 216 g/mol. The lowest BCUT2D eigenvalue weighted by molar-refractivity contribution is 0.204. The van der Waals surface area contributed by atoms with Gasteiger partial charge in [-0.05, 0) is 24.0 Å². The van der Waals surface area contributed by atoms with E-state index in [1.54, 1.807) is 11.8 Å². The van der Waals surface area contributed by atoms with E-state index in [1.807, 2.05) is 6.92 Å². The molecule has 14 heavy (non-hydrogen) atoms. The second-order valence-corrected chi connectivity index (χ2v) is 5.13. The van der Waals surface area contributed by atoms with Crippen molar-refractivity contribution in [1.82, 2.24) is 10.2 Å². The van der Waals surface area contributed by atoms with Gasteiger partial charge in [-0.25, -0.2) is 0 Å². The minimum atomic E-state index is 0.427. The Kier molecular flexibility index (Phi) is 3.07. The average molecular weight is 230 g/mol. The molecule has 1 aliphatic carbocycles. The highest BCUT2D eigenvalue weighted by Gasteiger charge is 2.35. The van der Waals surface area contributed by atoms with Gasteiger partial charge >= 0.3 is 0 Å². The standard InChI is InChI=1S/C9H14N2OS2/c1-7-10-11-8(12-7)14-6-9(5-13)3-2-4-9/h13H,2-6H2,1H3. The topological polar surface area (TPSA) is 38.9 Å². The molecule has 0 aromatic carbocycles. The fourth-order valence-electron chi connectivity index (χ4n) is 1.58. The summed E-state index contributed by atoms with van der Waals surface area (Å²) in [5.74, 6) is 2.66. The summed E-state index contributed by atoms with van der Waals surface area (Å²) in [7, 11) is 0. The van der Waals surface area contributed by atoms with E-state index in [2.05, 4.69) is 22.8 Å². The Balaban J connectivity index is 1.87. The van der Waals surface area contributed by atoms with Gasteiger partial charge < -0.3 is 4.42 Å². The van der Waals surface area contributed by atoms with Crippen molar-refractivity contribution in [2.75, 3.05) is 11.5 Å². The van der Waals surface area contributed by atoms with Gasteiger partial charge in [0.25, 0.3) is 5.22 Å². The van der Waals surface area contributed by atoms with E-state index in [1.165, 1.54) is 19.3 Å². The first-order chi connectivity index (χ1) is 6.74. The summed E-state index contributed by atoms with van der Waals surface area (Å²) >= 11 is 6.06. The summed E-state index contributed by atoms with van der Waals surface area (Å²) in [4.78, 5) is 0. The molecule has 1 aliphatic rings.